The maximum atomic E-state index is 6.38. The molecule has 1 aromatic rings. The Hall–Kier alpha value is 0.240. The van der Waals surface area contributed by atoms with Gasteiger partial charge in [0.05, 0.1) is 5.02 Å². The number of halogens is 3. The van der Waals surface area contributed by atoms with Gasteiger partial charge in [-0.05, 0) is 51.4 Å². The third-order valence-corrected chi connectivity index (χ3v) is 5.59. The summed E-state index contributed by atoms with van der Waals surface area (Å²) in [6, 6.07) is 4.34. The highest BCUT2D eigenvalue weighted by Crippen LogP contribution is 2.49. The third-order valence-electron chi connectivity index (χ3n) is 4.27. The monoisotopic (exact) mass is 335 g/mol. The van der Waals surface area contributed by atoms with E-state index in [9.17, 15) is 0 Å². The topological polar surface area (TPSA) is 12.0 Å². The molecular weight excluding hydrogens is 321 g/mol. The summed E-state index contributed by atoms with van der Waals surface area (Å²) >= 11 is 9.89. The second-order valence-electron chi connectivity index (χ2n) is 5.27. The zero-order valence-corrected chi connectivity index (χ0v) is 12.9. The summed E-state index contributed by atoms with van der Waals surface area (Å²) in [6.07, 6.45) is 2.36. The van der Waals surface area contributed by atoms with Crippen molar-refractivity contribution in [3.8, 4) is 0 Å². The highest BCUT2D eigenvalue weighted by atomic mass is 79.9. The molecule has 1 aliphatic heterocycles. The lowest BCUT2D eigenvalue weighted by atomic mass is 9.67. The summed E-state index contributed by atoms with van der Waals surface area (Å²) in [4.78, 5) is 0. The predicted octanol–water partition coefficient (Wildman–Crippen LogP) is 4.16. The zero-order valence-electron chi connectivity index (χ0n) is 9.72. The van der Waals surface area contributed by atoms with Gasteiger partial charge in [0.2, 0.25) is 0 Å². The van der Waals surface area contributed by atoms with E-state index in [0.29, 0.717) is 11.3 Å². The van der Waals surface area contributed by atoms with Gasteiger partial charge in [-0.25, -0.2) is 0 Å². The van der Waals surface area contributed by atoms with E-state index in [1.54, 1.807) is 0 Å². The summed E-state index contributed by atoms with van der Waals surface area (Å²) in [6.45, 7) is 4.64. The average molecular weight is 337 g/mol. The van der Waals surface area contributed by atoms with Crippen LogP contribution in [-0.2, 0) is 6.42 Å². The predicted molar refractivity (Wildman–Crippen MR) is 78.4 cm³/mol. The van der Waals surface area contributed by atoms with Crippen molar-refractivity contribution >= 4 is 39.9 Å². The van der Waals surface area contributed by atoms with Crippen molar-refractivity contribution in [1.82, 2.24) is 5.32 Å². The standard InChI is InChI=1S/C13H15BrClN.ClH/c1-13-5-4-9-8(10(13)6-16-7-13)2-3-11(14)12(9)15;/h2-3,10,16H,4-7H2,1H3;1H/t10-,13+;/m1./s1. The number of rotatable bonds is 0. The van der Waals surface area contributed by atoms with E-state index in [1.165, 1.54) is 17.5 Å². The molecule has 94 valence electrons. The van der Waals surface area contributed by atoms with Crippen LogP contribution in [0.4, 0.5) is 0 Å². The molecule has 0 spiro atoms. The summed E-state index contributed by atoms with van der Waals surface area (Å²) in [5.74, 6) is 0.641. The van der Waals surface area contributed by atoms with Crippen LogP contribution in [0.1, 0.15) is 30.4 Å². The fourth-order valence-electron chi connectivity index (χ4n) is 3.22. The molecule has 1 saturated heterocycles. The molecule has 0 aromatic heterocycles. The van der Waals surface area contributed by atoms with Crippen LogP contribution in [0.5, 0.6) is 0 Å². The van der Waals surface area contributed by atoms with Crippen molar-refractivity contribution in [3.05, 3.63) is 32.8 Å². The Morgan fingerprint density at radius 3 is 3.00 bits per heavy atom. The number of benzene rings is 1. The molecule has 4 heteroatoms. The van der Waals surface area contributed by atoms with Crippen LogP contribution >= 0.6 is 39.9 Å². The van der Waals surface area contributed by atoms with Crippen LogP contribution in [-0.4, -0.2) is 13.1 Å². The third kappa shape index (κ3) is 2.03. The first kappa shape index (κ1) is 13.7. The molecule has 1 fully saturated rings. The van der Waals surface area contributed by atoms with Crippen LogP contribution in [0.2, 0.25) is 5.02 Å². The first-order valence-corrected chi connectivity index (χ1v) is 6.96. The second kappa shape index (κ2) is 4.73. The van der Waals surface area contributed by atoms with E-state index in [4.69, 9.17) is 11.6 Å². The summed E-state index contributed by atoms with van der Waals surface area (Å²) < 4.78 is 1.03. The van der Waals surface area contributed by atoms with Crippen molar-refractivity contribution in [2.24, 2.45) is 5.41 Å². The molecule has 0 bridgehead atoms. The fourth-order valence-corrected chi connectivity index (χ4v) is 3.86. The van der Waals surface area contributed by atoms with Crippen LogP contribution in [0.25, 0.3) is 0 Å². The highest BCUT2D eigenvalue weighted by molar-refractivity contribution is 9.10. The Bertz CT molecular complexity index is 449. The molecule has 1 aromatic carbocycles. The molecule has 3 rings (SSSR count). The van der Waals surface area contributed by atoms with E-state index in [1.807, 2.05) is 0 Å². The molecule has 2 aliphatic rings. The van der Waals surface area contributed by atoms with Crippen molar-refractivity contribution in [2.75, 3.05) is 13.1 Å². The van der Waals surface area contributed by atoms with Crippen molar-refractivity contribution in [3.63, 3.8) is 0 Å². The van der Waals surface area contributed by atoms with E-state index in [2.05, 4.69) is 40.3 Å². The Kier molecular flexibility index (Phi) is 3.80. The molecule has 0 radical (unpaired) electrons. The van der Waals surface area contributed by atoms with Gasteiger partial charge >= 0.3 is 0 Å². The van der Waals surface area contributed by atoms with Gasteiger partial charge < -0.3 is 5.32 Å². The van der Waals surface area contributed by atoms with Gasteiger partial charge in [0.1, 0.15) is 0 Å². The molecule has 1 nitrogen and oxygen atoms in total. The Morgan fingerprint density at radius 1 is 1.47 bits per heavy atom. The number of hydrogen-bond donors (Lipinski definition) is 1. The molecule has 0 amide bonds. The largest absolute Gasteiger partial charge is 0.316 e. The highest BCUT2D eigenvalue weighted by Gasteiger charge is 2.43. The molecule has 0 unspecified atom stereocenters. The molecule has 0 saturated carbocycles. The SMILES string of the molecule is C[C@@]12CCc3c(ccc(Br)c3Cl)[C@H]1CNC2.Cl. The Balaban J connectivity index is 0.00000108. The maximum absolute atomic E-state index is 6.38. The Labute approximate surface area is 122 Å². The van der Waals surface area contributed by atoms with Crippen LogP contribution in [0, 0.1) is 5.41 Å². The van der Waals surface area contributed by atoms with Crippen LogP contribution in [0.15, 0.2) is 16.6 Å². The van der Waals surface area contributed by atoms with Gasteiger partial charge in [-0.15, -0.1) is 12.4 Å². The molecule has 1 N–H and O–H groups in total. The number of fused-ring (bicyclic) bond motifs is 3. The van der Waals surface area contributed by atoms with Gasteiger partial charge in [-0.3, -0.25) is 0 Å². The van der Waals surface area contributed by atoms with Gasteiger partial charge in [-0.2, -0.15) is 0 Å². The van der Waals surface area contributed by atoms with E-state index >= 15 is 0 Å². The second-order valence-corrected chi connectivity index (χ2v) is 6.50. The fraction of sp³-hybridized carbons (Fsp3) is 0.538. The van der Waals surface area contributed by atoms with Gasteiger partial charge in [0.25, 0.3) is 0 Å². The summed E-state index contributed by atoms with van der Waals surface area (Å²) in [7, 11) is 0. The van der Waals surface area contributed by atoms with E-state index in [-0.39, 0.29) is 12.4 Å². The summed E-state index contributed by atoms with van der Waals surface area (Å²) in [5.41, 5.74) is 3.26. The smallest absolute Gasteiger partial charge is 0.0582 e. The van der Waals surface area contributed by atoms with Gasteiger partial charge in [-0.1, -0.05) is 24.6 Å². The van der Waals surface area contributed by atoms with Crippen LogP contribution in [0.3, 0.4) is 0 Å². The maximum Gasteiger partial charge on any atom is 0.0582 e. The van der Waals surface area contributed by atoms with Gasteiger partial charge in [0.15, 0.2) is 0 Å². The van der Waals surface area contributed by atoms with Gasteiger partial charge in [0, 0.05) is 23.5 Å². The lowest BCUT2D eigenvalue weighted by Crippen LogP contribution is -2.30. The summed E-state index contributed by atoms with van der Waals surface area (Å²) in [5, 5.41) is 4.45. The quantitative estimate of drug-likeness (QED) is 0.750. The number of hydrogen-bond acceptors (Lipinski definition) is 1. The Morgan fingerprint density at radius 2 is 2.24 bits per heavy atom. The molecule has 1 aliphatic carbocycles. The molecule has 17 heavy (non-hydrogen) atoms. The van der Waals surface area contributed by atoms with Crippen molar-refractivity contribution in [1.29, 1.82) is 0 Å². The average Bonchev–Trinajstić information content (AvgIpc) is 2.65. The lowest BCUT2D eigenvalue weighted by molar-refractivity contribution is 0.277. The first-order chi connectivity index (χ1) is 7.62. The van der Waals surface area contributed by atoms with E-state index < -0.39 is 0 Å². The molecule has 2 atom stereocenters. The van der Waals surface area contributed by atoms with E-state index in [0.717, 1.165) is 29.0 Å². The molecule has 1 heterocycles. The molecular formula is C13H16BrCl2N. The lowest BCUT2D eigenvalue weighted by Gasteiger charge is -2.37. The normalized spacial score (nSPS) is 30.4. The van der Waals surface area contributed by atoms with Crippen molar-refractivity contribution in [2.45, 2.75) is 25.7 Å². The first-order valence-electron chi connectivity index (χ1n) is 5.79. The minimum Gasteiger partial charge on any atom is -0.316 e. The van der Waals surface area contributed by atoms with Crippen LogP contribution < -0.4 is 5.32 Å². The van der Waals surface area contributed by atoms with Crippen molar-refractivity contribution < 1.29 is 0 Å². The minimum atomic E-state index is 0. The zero-order chi connectivity index (χ0) is 11.3. The number of nitrogens with one attached hydrogen (secondary N) is 1. The minimum absolute atomic E-state index is 0.